The Kier molecular flexibility index (Phi) is 6.67. The van der Waals surface area contributed by atoms with Crippen molar-refractivity contribution in [2.24, 2.45) is 7.05 Å². The summed E-state index contributed by atoms with van der Waals surface area (Å²) in [5, 5.41) is 7.41. The maximum absolute atomic E-state index is 12.4. The van der Waals surface area contributed by atoms with Crippen molar-refractivity contribution in [2.45, 2.75) is 45.2 Å². The molecule has 7 nitrogen and oxygen atoms in total. The summed E-state index contributed by atoms with van der Waals surface area (Å²) >= 11 is 0. The largest absolute Gasteiger partial charge is 0.355 e. The number of likely N-dealkylation sites (tertiary alicyclic amines) is 1. The molecule has 1 atom stereocenters. The molecule has 3 rings (SSSR count). The Labute approximate surface area is 167 Å². The quantitative estimate of drug-likeness (QED) is 0.794. The zero-order chi connectivity index (χ0) is 20.1. The number of rotatable bonds is 7. The zero-order valence-electron chi connectivity index (χ0n) is 17.5. The van der Waals surface area contributed by atoms with Crippen molar-refractivity contribution in [3.63, 3.8) is 0 Å². The van der Waals surface area contributed by atoms with Crippen molar-refractivity contribution >= 4 is 11.7 Å². The van der Waals surface area contributed by atoms with Gasteiger partial charge in [-0.3, -0.25) is 9.48 Å². The molecule has 1 amide bonds. The van der Waals surface area contributed by atoms with Gasteiger partial charge in [0.15, 0.2) is 0 Å². The number of aryl methyl sites for hydroxylation is 2. The third-order valence-corrected chi connectivity index (χ3v) is 5.61. The Morgan fingerprint density at radius 3 is 2.79 bits per heavy atom. The lowest BCUT2D eigenvalue weighted by Gasteiger charge is -2.32. The molecule has 7 heteroatoms. The van der Waals surface area contributed by atoms with Gasteiger partial charge in [-0.2, -0.15) is 5.10 Å². The number of amides is 1. The van der Waals surface area contributed by atoms with Gasteiger partial charge in [0.1, 0.15) is 5.82 Å². The van der Waals surface area contributed by atoms with Crippen LogP contribution in [0.15, 0.2) is 24.5 Å². The van der Waals surface area contributed by atoms with Crippen LogP contribution < -0.4 is 10.2 Å². The first kappa shape index (κ1) is 20.3. The fourth-order valence-electron chi connectivity index (χ4n) is 3.85. The summed E-state index contributed by atoms with van der Waals surface area (Å²) in [6.07, 6.45) is 8.49. The molecule has 1 unspecified atom stereocenters. The summed E-state index contributed by atoms with van der Waals surface area (Å²) in [6.45, 7) is 4.61. The normalized spacial score (nSPS) is 17.5. The highest BCUT2D eigenvalue weighted by Gasteiger charge is 2.18. The second kappa shape index (κ2) is 9.19. The molecule has 2 aromatic rings. The fraction of sp³-hybridized carbons (Fsp3) is 0.571. The number of nitrogens with zero attached hydrogens (tertiary/aromatic N) is 5. The third kappa shape index (κ3) is 5.10. The highest BCUT2D eigenvalue weighted by atomic mass is 16.1. The number of anilines is 1. The molecule has 1 saturated heterocycles. The number of hydrogen-bond acceptors (Lipinski definition) is 5. The van der Waals surface area contributed by atoms with Gasteiger partial charge in [-0.05, 0) is 51.9 Å². The fourth-order valence-corrected chi connectivity index (χ4v) is 3.85. The molecule has 0 aromatic carbocycles. The van der Waals surface area contributed by atoms with Gasteiger partial charge in [0.05, 0.1) is 11.3 Å². The third-order valence-electron chi connectivity index (χ3n) is 5.61. The summed E-state index contributed by atoms with van der Waals surface area (Å²) < 4.78 is 1.82. The average molecular weight is 385 g/mol. The minimum Gasteiger partial charge on any atom is -0.355 e. The molecule has 0 spiro atoms. The van der Waals surface area contributed by atoms with Crippen molar-refractivity contribution in [3.8, 4) is 0 Å². The second-order valence-electron chi connectivity index (χ2n) is 7.85. The van der Waals surface area contributed by atoms with Crippen LogP contribution in [0.5, 0.6) is 0 Å². The van der Waals surface area contributed by atoms with Crippen molar-refractivity contribution < 1.29 is 4.79 Å². The lowest BCUT2D eigenvalue weighted by molar-refractivity contribution is 0.0945. The lowest BCUT2D eigenvalue weighted by atomic mass is 10.0. The van der Waals surface area contributed by atoms with Crippen LogP contribution in [0.3, 0.4) is 0 Å². The van der Waals surface area contributed by atoms with Gasteiger partial charge in [-0.15, -0.1) is 0 Å². The van der Waals surface area contributed by atoms with Crippen LogP contribution in [0.2, 0.25) is 0 Å². The number of nitrogens with one attached hydrogen (secondary N) is 1. The minimum atomic E-state index is -0.0525. The standard InChI is InChI=1S/C21H32N6O/c1-16-18(15-27(4)24-16)14-26(3)20-9-8-17(13-23-20)21(28)22-11-10-19-7-5-6-12-25(19)2/h8-9,13,15,19H,5-7,10-12,14H2,1-4H3,(H,22,28). The van der Waals surface area contributed by atoms with E-state index >= 15 is 0 Å². The van der Waals surface area contributed by atoms with Crippen LogP contribution in [0.1, 0.15) is 47.3 Å². The Morgan fingerprint density at radius 2 is 2.14 bits per heavy atom. The van der Waals surface area contributed by atoms with E-state index in [1.54, 1.807) is 6.20 Å². The van der Waals surface area contributed by atoms with E-state index < -0.39 is 0 Å². The van der Waals surface area contributed by atoms with Crippen LogP contribution in [0, 0.1) is 6.92 Å². The van der Waals surface area contributed by atoms with E-state index in [2.05, 4.69) is 32.2 Å². The van der Waals surface area contributed by atoms with Gasteiger partial charge in [-0.1, -0.05) is 6.42 Å². The summed E-state index contributed by atoms with van der Waals surface area (Å²) in [5.74, 6) is 0.784. The lowest BCUT2D eigenvalue weighted by Crippen LogP contribution is -2.39. The second-order valence-corrected chi connectivity index (χ2v) is 7.85. The number of piperidine rings is 1. The maximum Gasteiger partial charge on any atom is 0.252 e. The van der Waals surface area contributed by atoms with Crippen LogP contribution in [-0.2, 0) is 13.6 Å². The zero-order valence-corrected chi connectivity index (χ0v) is 17.5. The van der Waals surface area contributed by atoms with Gasteiger partial charge in [-0.25, -0.2) is 4.98 Å². The number of hydrogen-bond donors (Lipinski definition) is 1. The minimum absolute atomic E-state index is 0.0525. The molecule has 0 aliphatic carbocycles. The topological polar surface area (TPSA) is 66.3 Å². The number of carbonyl (C=O) groups is 1. The van der Waals surface area contributed by atoms with Gasteiger partial charge < -0.3 is 15.1 Å². The molecular formula is C21H32N6O. The first-order chi connectivity index (χ1) is 13.4. The number of pyridine rings is 1. The van der Waals surface area contributed by atoms with E-state index in [0.717, 1.165) is 31.0 Å². The number of carbonyl (C=O) groups excluding carboxylic acids is 1. The van der Waals surface area contributed by atoms with Crippen molar-refractivity contribution in [1.82, 2.24) is 25.0 Å². The molecule has 0 saturated carbocycles. The summed E-state index contributed by atoms with van der Waals surface area (Å²) in [6, 6.07) is 4.33. The summed E-state index contributed by atoms with van der Waals surface area (Å²) in [7, 11) is 6.10. The molecule has 28 heavy (non-hydrogen) atoms. The van der Waals surface area contributed by atoms with Crippen LogP contribution in [0.25, 0.3) is 0 Å². The highest BCUT2D eigenvalue weighted by molar-refractivity contribution is 5.94. The molecule has 0 bridgehead atoms. The van der Waals surface area contributed by atoms with Crippen molar-refractivity contribution in [1.29, 1.82) is 0 Å². The van der Waals surface area contributed by atoms with Gasteiger partial charge >= 0.3 is 0 Å². The first-order valence-electron chi connectivity index (χ1n) is 10.1. The molecule has 1 aliphatic heterocycles. The van der Waals surface area contributed by atoms with Crippen molar-refractivity contribution in [3.05, 3.63) is 41.3 Å². The molecule has 1 N–H and O–H groups in total. The Morgan fingerprint density at radius 1 is 1.32 bits per heavy atom. The van der Waals surface area contributed by atoms with E-state index in [1.165, 1.54) is 24.8 Å². The predicted octanol–water partition coefficient (Wildman–Crippen LogP) is 2.36. The van der Waals surface area contributed by atoms with Crippen LogP contribution in [0.4, 0.5) is 5.82 Å². The van der Waals surface area contributed by atoms with Crippen molar-refractivity contribution in [2.75, 3.05) is 32.1 Å². The van der Waals surface area contributed by atoms with Crippen LogP contribution in [-0.4, -0.2) is 58.8 Å². The van der Waals surface area contributed by atoms with E-state index in [1.807, 2.05) is 44.0 Å². The molecule has 1 aliphatic rings. The molecule has 2 aromatic heterocycles. The number of aromatic nitrogens is 3. The SMILES string of the molecule is Cc1nn(C)cc1CN(C)c1ccc(C(=O)NCCC2CCCCN2C)cn1. The van der Waals surface area contributed by atoms with Gasteiger partial charge in [0, 0.05) is 51.2 Å². The maximum atomic E-state index is 12.4. The van der Waals surface area contributed by atoms with E-state index in [-0.39, 0.29) is 5.91 Å². The predicted molar refractivity (Wildman–Crippen MR) is 112 cm³/mol. The average Bonchev–Trinajstić information content (AvgIpc) is 3.00. The Balaban J connectivity index is 1.50. The monoisotopic (exact) mass is 384 g/mol. The molecule has 0 radical (unpaired) electrons. The van der Waals surface area contributed by atoms with E-state index in [9.17, 15) is 4.79 Å². The van der Waals surface area contributed by atoms with E-state index in [4.69, 9.17) is 0 Å². The molecule has 3 heterocycles. The smallest absolute Gasteiger partial charge is 0.252 e. The van der Waals surface area contributed by atoms with E-state index in [0.29, 0.717) is 18.2 Å². The van der Waals surface area contributed by atoms with Gasteiger partial charge in [0.25, 0.3) is 5.91 Å². The molecule has 1 fully saturated rings. The Hall–Kier alpha value is -2.41. The Bertz CT molecular complexity index is 785. The summed E-state index contributed by atoms with van der Waals surface area (Å²) in [5.41, 5.74) is 2.79. The van der Waals surface area contributed by atoms with Gasteiger partial charge in [0.2, 0.25) is 0 Å². The summed E-state index contributed by atoms with van der Waals surface area (Å²) in [4.78, 5) is 21.3. The molecule has 152 valence electrons. The highest BCUT2D eigenvalue weighted by Crippen LogP contribution is 2.17. The van der Waals surface area contributed by atoms with Crippen LogP contribution >= 0.6 is 0 Å². The first-order valence-corrected chi connectivity index (χ1v) is 10.1. The molecular weight excluding hydrogens is 352 g/mol.